The van der Waals surface area contributed by atoms with E-state index in [2.05, 4.69) is 24.3 Å². The summed E-state index contributed by atoms with van der Waals surface area (Å²) in [6.45, 7) is 3.74. The highest BCUT2D eigenvalue weighted by molar-refractivity contribution is 5.14. The van der Waals surface area contributed by atoms with Gasteiger partial charge in [0, 0.05) is 19.3 Å². The zero-order chi connectivity index (χ0) is 11.6. The SMILES string of the molecule is CC(N)CCCOCCCc1ccccc1. The van der Waals surface area contributed by atoms with Crippen molar-refractivity contribution in [1.82, 2.24) is 0 Å². The lowest BCUT2D eigenvalue weighted by molar-refractivity contribution is 0.127. The molecule has 0 heterocycles. The van der Waals surface area contributed by atoms with Crippen LogP contribution in [-0.4, -0.2) is 19.3 Å². The van der Waals surface area contributed by atoms with Crippen LogP contribution in [0.2, 0.25) is 0 Å². The van der Waals surface area contributed by atoms with Gasteiger partial charge in [-0.3, -0.25) is 0 Å². The Kier molecular flexibility index (Phi) is 6.86. The number of rotatable bonds is 8. The van der Waals surface area contributed by atoms with Gasteiger partial charge in [-0.2, -0.15) is 0 Å². The van der Waals surface area contributed by atoms with Crippen LogP contribution in [0.15, 0.2) is 30.3 Å². The number of hydrogen-bond acceptors (Lipinski definition) is 2. The topological polar surface area (TPSA) is 35.2 Å². The molecule has 0 radical (unpaired) electrons. The molecular weight excluding hydrogens is 198 g/mol. The van der Waals surface area contributed by atoms with E-state index in [9.17, 15) is 0 Å². The predicted octanol–water partition coefficient (Wildman–Crippen LogP) is 2.76. The number of ether oxygens (including phenoxy) is 1. The van der Waals surface area contributed by atoms with Crippen LogP contribution in [-0.2, 0) is 11.2 Å². The van der Waals surface area contributed by atoms with Crippen LogP contribution in [0, 0.1) is 0 Å². The third-order valence-corrected chi connectivity index (χ3v) is 2.55. The Morgan fingerprint density at radius 3 is 2.50 bits per heavy atom. The monoisotopic (exact) mass is 221 g/mol. The Hall–Kier alpha value is -0.860. The Labute approximate surface area is 98.8 Å². The van der Waals surface area contributed by atoms with E-state index in [1.165, 1.54) is 5.56 Å². The standard InChI is InChI=1S/C14H23NO/c1-13(15)7-5-11-16-12-6-10-14-8-3-2-4-9-14/h2-4,8-9,13H,5-7,10-12,15H2,1H3. The Morgan fingerprint density at radius 2 is 1.81 bits per heavy atom. The van der Waals surface area contributed by atoms with Crippen LogP contribution in [0.4, 0.5) is 0 Å². The van der Waals surface area contributed by atoms with Crippen molar-refractivity contribution in [3.05, 3.63) is 35.9 Å². The molecule has 0 bridgehead atoms. The van der Waals surface area contributed by atoms with Crippen LogP contribution in [0.3, 0.4) is 0 Å². The Balaban J connectivity index is 1.93. The molecule has 0 spiro atoms. The second kappa shape index (κ2) is 8.31. The molecule has 90 valence electrons. The van der Waals surface area contributed by atoms with Gasteiger partial charge in [-0.25, -0.2) is 0 Å². The van der Waals surface area contributed by atoms with E-state index >= 15 is 0 Å². The van der Waals surface area contributed by atoms with E-state index < -0.39 is 0 Å². The molecule has 2 nitrogen and oxygen atoms in total. The molecule has 1 atom stereocenters. The highest BCUT2D eigenvalue weighted by atomic mass is 16.5. The summed E-state index contributed by atoms with van der Waals surface area (Å²) < 4.78 is 5.55. The smallest absolute Gasteiger partial charge is 0.0469 e. The van der Waals surface area contributed by atoms with Crippen molar-refractivity contribution in [2.24, 2.45) is 5.73 Å². The number of hydrogen-bond donors (Lipinski definition) is 1. The van der Waals surface area contributed by atoms with Gasteiger partial charge in [-0.05, 0) is 38.2 Å². The van der Waals surface area contributed by atoms with Crippen molar-refractivity contribution in [1.29, 1.82) is 0 Å². The van der Waals surface area contributed by atoms with Crippen molar-refractivity contribution < 1.29 is 4.74 Å². The van der Waals surface area contributed by atoms with Gasteiger partial charge in [-0.15, -0.1) is 0 Å². The maximum atomic E-state index is 5.65. The fraction of sp³-hybridized carbons (Fsp3) is 0.571. The average molecular weight is 221 g/mol. The van der Waals surface area contributed by atoms with Crippen LogP contribution in [0.1, 0.15) is 31.7 Å². The summed E-state index contributed by atoms with van der Waals surface area (Å²) >= 11 is 0. The first kappa shape index (κ1) is 13.2. The maximum Gasteiger partial charge on any atom is 0.0469 e. The van der Waals surface area contributed by atoms with Gasteiger partial charge in [0.2, 0.25) is 0 Å². The summed E-state index contributed by atoms with van der Waals surface area (Å²) in [7, 11) is 0. The molecule has 16 heavy (non-hydrogen) atoms. The van der Waals surface area contributed by atoms with E-state index in [4.69, 9.17) is 10.5 Å². The zero-order valence-electron chi connectivity index (χ0n) is 10.2. The third-order valence-electron chi connectivity index (χ3n) is 2.55. The van der Waals surface area contributed by atoms with Crippen LogP contribution in [0.5, 0.6) is 0 Å². The lowest BCUT2D eigenvalue weighted by Crippen LogP contribution is -2.15. The molecule has 0 aliphatic heterocycles. The lowest BCUT2D eigenvalue weighted by Gasteiger charge is -2.06. The average Bonchev–Trinajstić information content (AvgIpc) is 2.29. The van der Waals surface area contributed by atoms with Gasteiger partial charge in [0.15, 0.2) is 0 Å². The minimum atomic E-state index is 0.299. The van der Waals surface area contributed by atoms with Crippen molar-refractivity contribution in [2.75, 3.05) is 13.2 Å². The molecule has 1 unspecified atom stereocenters. The molecule has 1 aromatic carbocycles. The van der Waals surface area contributed by atoms with Crippen molar-refractivity contribution in [3.8, 4) is 0 Å². The highest BCUT2D eigenvalue weighted by Gasteiger charge is 1.95. The molecular formula is C14H23NO. The highest BCUT2D eigenvalue weighted by Crippen LogP contribution is 2.02. The molecule has 0 aromatic heterocycles. The Morgan fingerprint density at radius 1 is 1.12 bits per heavy atom. The summed E-state index contributed by atoms with van der Waals surface area (Å²) in [5, 5.41) is 0. The third kappa shape index (κ3) is 6.59. The predicted molar refractivity (Wildman–Crippen MR) is 68.5 cm³/mol. The number of aryl methyl sites for hydroxylation is 1. The normalized spacial score (nSPS) is 12.6. The first-order valence-electron chi connectivity index (χ1n) is 6.16. The summed E-state index contributed by atoms with van der Waals surface area (Å²) in [5.41, 5.74) is 7.04. The van der Waals surface area contributed by atoms with Crippen molar-refractivity contribution >= 4 is 0 Å². The summed E-state index contributed by atoms with van der Waals surface area (Å²) in [6, 6.07) is 10.8. The van der Waals surface area contributed by atoms with Crippen molar-refractivity contribution in [2.45, 2.75) is 38.6 Å². The van der Waals surface area contributed by atoms with Crippen LogP contribution < -0.4 is 5.73 Å². The van der Waals surface area contributed by atoms with Crippen LogP contribution >= 0.6 is 0 Å². The fourth-order valence-corrected chi connectivity index (χ4v) is 1.63. The first-order valence-corrected chi connectivity index (χ1v) is 6.16. The lowest BCUT2D eigenvalue weighted by atomic mass is 10.1. The van der Waals surface area contributed by atoms with E-state index in [0.717, 1.165) is 38.9 Å². The number of benzene rings is 1. The van der Waals surface area contributed by atoms with E-state index in [1.54, 1.807) is 0 Å². The van der Waals surface area contributed by atoms with Crippen molar-refractivity contribution in [3.63, 3.8) is 0 Å². The molecule has 0 saturated heterocycles. The Bertz CT molecular complexity index is 259. The fourth-order valence-electron chi connectivity index (χ4n) is 1.63. The van der Waals surface area contributed by atoms with Gasteiger partial charge in [-0.1, -0.05) is 30.3 Å². The summed E-state index contributed by atoms with van der Waals surface area (Å²) in [5.74, 6) is 0. The summed E-state index contributed by atoms with van der Waals surface area (Å²) in [6.07, 6.45) is 4.33. The molecule has 0 saturated carbocycles. The summed E-state index contributed by atoms with van der Waals surface area (Å²) in [4.78, 5) is 0. The molecule has 0 fully saturated rings. The van der Waals surface area contributed by atoms with Gasteiger partial charge >= 0.3 is 0 Å². The largest absolute Gasteiger partial charge is 0.381 e. The molecule has 0 aliphatic rings. The zero-order valence-corrected chi connectivity index (χ0v) is 10.2. The molecule has 2 heteroatoms. The second-order valence-electron chi connectivity index (χ2n) is 4.32. The van der Waals surface area contributed by atoms with Crippen LogP contribution in [0.25, 0.3) is 0 Å². The van der Waals surface area contributed by atoms with E-state index in [1.807, 2.05) is 13.0 Å². The minimum Gasteiger partial charge on any atom is -0.381 e. The second-order valence-corrected chi connectivity index (χ2v) is 4.32. The van der Waals surface area contributed by atoms with Gasteiger partial charge in [0.25, 0.3) is 0 Å². The molecule has 0 amide bonds. The molecule has 1 rings (SSSR count). The van der Waals surface area contributed by atoms with Gasteiger partial charge in [0.05, 0.1) is 0 Å². The molecule has 1 aromatic rings. The van der Waals surface area contributed by atoms with E-state index in [-0.39, 0.29) is 0 Å². The van der Waals surface area contributed by atoms with Gasteiger partial charge in [0.1, 0.15) is 0 Å². The number of nitrogens with two attached hydrogens (primary N) is 1. The van der Waals surface area contributed by atoms with E-state index in [0.29, 0.717) is 6.04 Å². The molecule has 2 N–H and O–H groups in total. The van der Waals surface area contributed by atoms with Gasteiger partial charge < -0.3 is 10.5 Å². The molecule has 0 aliphatic carbocycles. The first-order chi connectivity index (χ1) is 7.79. The quantitative estimate of drug-likeness (QED) is 0.685. The minimum absolute atomic E-state index is 0.299. The maximum absolute atomic E-state index is 5.65.